The van der Waals surface area contributed by atoms with Gasteiger partial charge >= 0.3 is 0 Å². The summed E-state index contributed by atoms with van der Waals surface area (Å²) in [6.45, 7) is 2.84. The molecule has 1 heterocycles. The molecule has 20 heavy (non-hydrogen) atoms. The van der Waals surface area contributed by atoms with Crippen LogP contribution in [0.1, 0.15) is 25.5 Å². The number of ether oxygens (including phenoxy) is 1. The Labute approximate surface area is 118 Å². The highest BCUT2D eigenvalue weighted by molar-refractivity contribution is 5.74. The van der Waals surface area contributed by atoms with E-state index in [9.17, 15) is 0 Å². The molecular formula is C16H20N2O2. The lowest BCUT2D eigenvalue weighted by Gasteiger charge is -2.34. The van der Waals surface area contributed by atoms with Crippen molar-refractivity contribution in [2.75, 3.05) is 12.3 Å². The van der Waals surface area contributed by atoms with Crippen LogP contribution in [0.4, 0.5) is 5.88 Å². The number of rotatable bonds is 5. The van der Waals surface area contributed by atoms with Crippen LogP contribution < -0.4 is 5.73 Å². The SMILES string of the molecule is CCOC1CC(Cc2noc(N)c2-c2ccccc2)C1. The molecule has 0 bridgehead atoms. The largest absolute Gasteiger partial charge is 0.378 e. The van der Waals surface area contributed by atoms with E-state index in [2.05, 4.69) is 5.16 Å². The molecule has 1 saturated carbocycles. The van der Waals surface area contributed by atoms with Crippen molar-refractivity contribution in [2.45, 2.75) is 32.3 Å². The highest BCUT2D eigenvalue weighted by Gasteiger charge is 2.31. The molecule has 0 radical (unpaired) electrons. The summed E-state index contributed by atoms with van der Waals surface area (Å²) in [5, 5.41) is 4.14. The van der Waals surface area contributed by atoms with Crippen molar-refractivity contribution >= 4 is 5.88 Å². The van der Waals surface area contributed by atoms with Crippen molar-refractivity contribution in [1.82, 2.24) is 5.16 Å². The molecule has 0 aliphatic heterocycles. The Balaban J connectivity index is 1.72. The Bertz CT molecular complexity index is 559. The Kier molecular flexibility index (Phi) is 3.74. The van der Waals surface area contributed by atoms with Gasteiger partial charge in [0.25, 0.3) is 0 Å². The molecule has 0 amide bonds. The second-order valence-electron chi connectivity index (χ2n) is 5.35. The maximum Gasteiger partial charge on any atom is 0.230 e. The highest BCUT2D eigenvalue weighted by Crippen LogP contribution is 2.37. The minimum absolute atomic E-state index is 0.409. The van der Waals surface area contributed by atoms with Gasteiger partial charge in [-0.25, -0.2) is 0 Å². The summed E-state index contributed by atoms with van der Waals surface area (Å²) in [7, 11) is 0. The maximum absolute atomic E-state index is 5.93. The lowest BCUT2D eigenvalue weighted by molar-refractivity contribution is -0.0244. The van der Waals surface area contributed by atoms with E-state index in [4.69, 9.17) is 15.0 Å². The van der Waals surface area contributed by atoms with Crippen LogP contribution >= 0.6 is 0 Å². The zero-order valence-electron chi connectivity index (χ0n) is 11.7. The van der Waals surface area contributed by atoms with Gasteiger partial charge in [-0.3, -0.25) is 0 Å². The van der Waals surface area contributed by atoms with Gasteiger partial charge in [0.1, 0.15) is 0 Å². The monoisotopic (exact) mass is 272 g/mol. The predicted molar refractivity (Wildman–Crippen MR) is 78.2 cm³/mol. The van der Waals surface area contributed by atoms with Crippen LogP contribution in [0.15, 0.2) is 34.9 Å². The highest BCUT2D eigenvalue weighted by atomic mass is 16.5. The second-order valence-corrected chi connectivity index (χ2v) is 5.35. The molecule has 2 N–H and O–H groups in total. The third-order valence-electron chi connectivity index (χ3n) is 3.93. The minimum atomic E-state index is 0.409. The molecule has 0 unspecified atom stereocenters. The van der Waals surface area contributed by atoms with E-state index in [-0.39, 0.29) is 0 Å². The van der Waals surface area contributed by atoms with Crippen LogP contribution in [0.5, 0.6) is 0 Å². The van der Waals surface area contributed by atoms with Gasteiger partial charge in [-0.05, 0) is 37.7 Å². The zero-order valence-corrected chi connectivity index (χ0v) is 11.7. The quantitative estimate of drug-likeness (QED) is 0.907. The van der Waals surface area contributed by atoms with Crippen molar-refractivity contribution in [1.29, 1.82) is 0 Å². The number of anilines is 1. The van der Waals surface area contributed by atoms with Gasteiger partial charge in [-0.15, -0.1) is 0 Å². The summed E-state index contributed by atoms with van der Waals surface area (Å²) < 4.78 is 10.8. The number of nitrogens with zero attached hydrogens (tertiary/aromatic N) is 1. The van der Waals surface area contributed by atoms with E-state index in [1.165, 1.54) is 0 Å². The van der Waals surface area contributed by atoms with Crippen molar-refractivity contribution < 1.29 is 9.26 Å². The van der Waals surface area contributed by atoms with Crippen LogP contribution in [0.25, 0.3) is 11.1 Å². The second kappa shape index (κ2) is 5.67. The van der Waals surface area contributed by atoms with Crippen molar-refractivity contribution in [3.8, 4) is 11.1 Å². The molecule has 4 nitrogen and oxygen atoms in total. The number of nitrogen functional groups attached to an aromatic ring is 1. The van der Waals surface area contributed by atoms with Gasteiger partial charge in [-0.1, -0.05) is 35.5 Å². The number of benzene rings is 1. The van der Waals surface area contributed by atoms with Gasteiger partial charge in [0.15, 0.2) is 0 Å². The number of hydrogen-bond donors (Lipinski definition) is 1. The molecule has 1 aliphatic rings. The zero-order chi connectivity index (χ0) is 13.9. The van der Waals surface area contributed by atoms with E-state index in [0.29, 0.717) is 17.9 Å². The van der Waals surface area contributed by atoms with E-state index in [1.807, 2.05) is 37.3 Å². The van der Waals surface area contributed by atoms with Crippen molar-refractivity contribution in [2.24, 2.45) is 5.92 Å². The van der Waals surface area contributed by atoms with E-state index >= 15 is 0 Å². The first-order valence-corrected chi connectivity index (χ1v) is 7.19. The molecule has 1 aliphatic carbocycles. The molecular weight excluding hydrogens is 252 g/mol. The van der Waals surface area contributed by atoms with Gasteiger partial charge in [0, 0.05) is 6.61 Å². The van der Waals surface area contributed by atoms with Crippen molar-refractivity contribution in [3.63, 3.8) is 0 Å². The molecule has 1 aromatic carbocycles. The molecule has 1 aromatic heterocycles. The summed E-state index contributed by atoms with van der Waals surface area (Å²) in [4.78, 5) is 0. The standard InChI is InChI=1S/C16H20N2O2/c1-2-19-13-8-11(9-13)10-14-15(16(17)20-18-14)12-6-4-3-5-7-12/h3-7,11,13H,2,8-10,17H2,1H3. The fourth-order valence-electron chi connectivity index (χ4n) is 2.88. The average molecular weight is 272 g/mol. The van der Waals surface area contributed by atoms with Crippen molar-refractivity contribution in [3.05, 3.63) is 36.0 Å². The fourth-order valence-corrected chi connectivity index (χ4v) is 2.88. The van der Waals surface area contributed by atoms with Crippen LogP contribution in [-0.4, -0.2) is 17.9 Å². The van der Waals surface area contributed by atoms with Crippen LogP contribution in [0, 0.1) is 5.92 Å². The molecule has 1 fully saturated rings. The van der Waals surface area contributed by atoms with Crippen LogP contribution in [0.2, 0.25) is 0 Å². The molecule has 2 aromatic rings. The third kappa shape index (κ3) is 2.56. The maximum atomic E-state index is 5.93. The fraction of sp³-hybridized carbons (Fsp3) is 0.438. The Morgan fingerprint density at radius 2 is 2.05 bits per heavy atom. The predicted octanol–water partition coefficient (Wildman–Crippen LogP) is 3.28. The average Bonchev–Trinajstić information content (AvgIpc) is 2.78. The summed E-state index contributed by atoms with van der Waals surface area (Å²) in [5.41, 5.74) is 8.92. The van der Waals surface area contributed by atoms with Gasteiger partial charge in [0.2, 0.25) is 5.88 Å². The molecule has 0 atom stereocenters. The summed E-state index contributed by atoms with van der Waals surface area (Å²) in [5.74, 6) is 1.03. The first kappa shape index (κ1) is 13.2. The lowest BCUT2D eigenvalue weighted by Crippen LogP contribution is -2.32. The van der Waals surface area contributed by atoms with Gasteiger partial charge in [-0.2, -0.15) is 0 Å². The third-order valence-corrected chi connectivity index (χ3v) is 3.93. The lowest BCUT2D eigenvalue weighted by atomic mass is 9.78. The van der Waals surface area contributed by atoms with E-state index in [1.54, 1.807) is 0 Å². The molecule has 0 saturated heterocycles. The molecule has 0 spiro atoms. The van der Waals surface area contributed by atoms with Crippen LogP contribution in [-0.2, 0) is 11.2 Å². The molecule has 106 valence electrons. The number of hydrogen-bond acceptors (Lipinski definition) is 4. The Hall–Kier alpha value is -1.81. The normalized spacial score (nSPS) is 21.6. The van der Waals surface area contributed by atoms with Crippen LogP contribution in [0.3, 0.4) is 0 Å². The summed E-state index contributed by atoms with van der Waals surface area (Å²) >= 11 is 0. The summed E-state index contributed by atoms with van der Waals surface area (Å²) in [6.07, 6.45) is 3.55. The minimum Gasteiger partial charge on any atom is -0.378 e. The smallest absolute Gasteiger partial charge is 0.230 e. The number of nitrogens with two attached hydrogens (primary N) is 1. The first-order valence-electron chi connectivity index (χ1n) is 7.19. The molecule has 4 heteroatoms. The Morgan fingerprint density at radius 1 is 1.30 bits per heavy atom. The van der Waals surface area contributed by atoms with Gasteiger partial charge < -0.3 is 15.0 Å². The topological polar surface area (TPSA) is 61.3 Å². The first-order chi connectivity index (χ1) is 9.78. The van der Waals surface area contributed by atoms with E-state index in [0.717, 1.165) is 42.7 Å². The Morgan fingerprint density at radius 3 is 2.75 bits per heavy atom. The molecule has 3 rings (SSSR count). The van der Waals surface area contributed by atoms with E-state index < -0.39 is 0 Å². The van der Waals surface area contributed by atoms with Gasteiger partial charge in [0.05, 0.1) is 17.4 Å². The summed E-state index contributed by atoms with van der Waals surface area (Å²) in [6, 6.07) is 10.1. The number of aromatic nitrogens is 1.